The van der Waals surface area contributed by atoms with Gasteiger partial charge in [0.1, 0.15) is 11.5 Å². The van der Waals surface area contributed by atoms with Crippen LogP contribution in [0.3, 0.4) is 0 Å². The quantitative estimate of drug-likeness (QED) is 0.490. The fourth-order valence-electron chi connectivity index (χ4n) is 3.77. The Morgan fingerprint density at radius 2 is 2.03 bits per heavy atom. The van der Waals surface area contributed by atoms with Crippen LogP contribution in [0.2, 0.25) is 0 Å². The second-order valence-corrected chi connectivity index (χ2v) is 7.68. The highest BCUT2D eigenvalue weighted by molar-refractivity contribution is 5.92. The number of aromatic nitrogens is 4. The topological polar surface area (TPSA) is 146 Å². The molecule has 11 heteroatoms. The van der Waals surface area contributed by atoms with Gasteiger partial charge in [0.15, 0.2) is 0 Å². The van der Waals surface area contributed by atoms with Gasteiger partial charge in [-0.05, 0) is 31.0 Å². The van der Waals surface area contributed by atoms with Crippen LogP contribution >= 0.6 is 0 Å². The number of carbonyl (C=O) groups excluding carboxylic acids is 2. The fraction of sp³-hybridized carbons (Fsp3) is 0.381. The maximum absolute atomic E-state index is 12.5. The van der Waals surface area contributed by atoms with Crippen LogP contribution < -0.4 is 16.6 Å². The number of piperidine rings is 1. The summed E-state index contributed by atoms with van der Waals surface area (Å²) < 4.78 is 6.51. The number of nitrogens with zero attached hydrogens (tertiary/aromatic N) is 3. The molecule has 1 fully saturated rings. The van der Waals surface area contributed by atoms with Gasteiger partial charge in [0.05, 0.1) is 12.8 Å². The van der Waals surface area contributed by atoms with E-state index in [1.807, 2.05) is 0 Å². The summed E-state index contributed by atoms with van der Waals surface area (Å²) in [6.07, 6.45) is 4.62. The van der Waals surface area contributed by atoms with Gasteiger partial charge in [-0.2, -0.15) is 5.10 Å². The van der Waals surface area contributed by atoms with Crippen molar-refractivity contribution in [2.75, 3.05) is 13.1 Å². The van der Waals surface area contributed by atoms with Gasteiger partial charge >= 0.3 is 5.69 Å². The lowest BCUT2D eigenvalue weighted by Gasteiger charge is -2.31. The first-order chi connectivity index (χ1) is 15.5. The van der Waals surface area contributed by atoms with E-state index >= 15 is 0 Å². The molecule has 3 aromatic heterocycles. The lowest BCUT2D eigenvalue weighted by Crippen LogP contribution is -2.39. The Morgan fingerprint density at radius 3 is 2.75 bits per heavy atom. The maximum Gasteiger partial charge on any atom is 0.328 e. The molecule has 3 N–H and O–H groups in total. The zero-order chi connectivity index (χ0) is 22.5. The van der Waals surface area contributed by atoms with Crippen molar-refractivity contribution in [3.63, 3.8) is 0 Å². The third-order valence-corrected chi connectivity index (χ3v) is 5.58. The third-order valence-electron chi connectivity index (χ3n) is 5.58. The van der Waals surface area contributed by atoms with Crippen molar-refractivity contribution in [1.82, 2.24) is 30.0 Å². The summed E-state index contributed by atoms with van der Waals surface area (Å²) >= 11 is 0. The average Bonchev–Trinajstić information content (AvgIpc) is 3.49. The molecule has 0 bridgehead atoms. The van der Waals surface area contributed by atoms with E-state index in [2.05, 4.69) is 20.5 Å². The number of rotatable bonds is 7. The van der Waals surface area contributed by atoms with Gasteiger partial charge in [-0.15, -0.1) is 0 Å². The highest BCUT2D eigenvalue weighted by Gasteiger charge is 2.25. The molecule has 168 valence electrons. The van der Waals surface area contributed by atoms with Gasteiger partial charge in [0.25, 0.3) is 11.5 Å². The second-order valence-electron chi connectivity index (χ2n) is 7.68. The number of hydrogen-bond acceptors (Lipinski definition) is 6. The molecule has 0 saturated carbocycles. The molecule has 0 aromatic carbocycles. The van der Waals surface area contributed by atoms with E-state index < -0.39 is 11.2 Å². The Kier molecular flexibility index (Phi) is 6.34. The summed E-state index contributed by atoms with van der Waals surface area (Å²) in [5, 5.41) is 9.83. The molecule has 4 rings (SSSR count). The van der Waals surface area contributed by atoms with Crippen molar-refractivity contribution in [3.8, 4) is 0 Å². The van der Waals surface area contributed by atoms with Crippen LogP contribution in [0.25, 0.3) is 0 Å². The zero-order valence-corrected chi connectivity index (χ0v) is 17.4. The lowest BCUT2D eigenvalue weighted by atomic mass is 9.93. The Bertz CT molecular complexity index is 1180. The van der Waals surface area contributed by atoms with Crippen LogP contribution in [0.4, 0.5) is 0 Å². The minimum atomic E-state index is -0.521. The number of carbonyl (C=O) groups is 2. The van der Waals surface area contributed by atoms with Crippen LogP contribution in [0, 0.1) is 0 Å². The lowest BCUT2D eigenvalue weighted by molar-refractivity contribution is -0.132. The zero-order valence-electron chi connectivity index (χ0n) is 17.4. The van der Waals surface area contributed by atoms with Gasteiger partial charge in [-0.25, -0.2) is 4.79 Å². The third kappa shape index (κ3) is 5.05. The molecule has 0 unspecified atom stereocenters. The van der Waals surface area contributed by atoms with Crippen LogP contribution in [0.15, 0.2) is 50.7 Å². The first-order valence-corrected chi connectivity index (χ1v) is 10.4. The Morgan fingerprint density at radius 1 is 1.22 bits per heavy atom. The van der Waals surface area contributed by atoms with Gasteiger partial charge in [-0.1, -0.05) is 0 Å². The monoisotopic (exact) mass is 440 g/mol. The predicted molar refractivity (Wildman–Crippen MR) is 113 cm³/mol. The van der Waals surface area contributed by atoms with Crippen molar-refractivity contribution in [3.05, 3.63) is 74.7 Å². The number of amides is 2. The fourth-order valence-corrected chi connectivity index (χ4v) is 3.77. The molecular formula is C21H24N6O5. The highest BCUT2D eigenvalue weighted by atomic mass is 16.3. The highest BCUT2D eigenvalue weighted by Crippen LogP contribution is 2.27. The Labute approximate surface area is 182 Å². The SMILES string of the molecule is O=C(NCc1ccco1)c1cc(C2CCN(C(=O)CCn3ccc(=O)[nH]c3=O)CC2)[nH]n1. The summed E-state index contributed by atoms with van der Waals surface area (Å²) in [5.41, 5.74) is 0.209. The first kappa shape index (κ1) is 21.3. The first-order valence-electron chi connectivity index (χ1n) is 10.4. The average molecular weight is 440 g/mol. The van der Waals surface area contributed by atoms with E-state index in [9.17, 15) is 19.2 Å². The van der Waals surface area contributed by atoms with E-state index in [4.69, 9.17) is 4.42 Å². The summed E-state index contributed by atoms with van der Waals surface area (Å²) in [6, 6.07) is 6.55. The molecule has 0 aliphatic carbocycles. The van der Waals surface area contributed by atoms with Crippen LogP contribution in [-0.2, 0) is 17.9 Å². The molecule has 0 atom stereocenters. The van der Waals surface area contributed by atoms with Crippen LogP contribution in [0.5, 0.6) is 0 Å². The summed E-state index contributed by atoms with van der Waals surface area (Å²) in [7, 11) is 0. The van der Waals surface area contributed by atoms with E-state index in [0.29, 0.717) is 31.1 Å². The van der Waals surface area contributed by atoms with Gasteiger partial charge in [0.2, 0.25) is 5.91 Å². The molecule has 1 aliphatic rings. The smallest absolute Gasteiger partial charge is 0.328 e. The summed E-state index contributed by atoms with van der Waals surface area (Å²) in [4.78, 5) is 51.6. The second kappa shape index (κ2) is 9.50. The summed E-state index contributed by atoms with van der Waals surface area (Å²) in [5.74, 6) is 0.523. The van der Waals surface area contributed by atoms with Crippen LogP contribution in [0.1, 0.15) is 47.1 Å². The number of nitrogens with one attached hydrogen (secondary N) is 3. The number of aryl methyl sites for hydroxylation is 1. The number of aromatic amines is 2. The predicted octanol–water partition coefficient (Wildman–Crippen LogP) is 0.579. The largest absolute Gasteiger partial charge is 0.467 e. The molecule has 1 saturated heterocycles. The number of H-pyrrole nitrogens is 2. The standard InChI is InChI=1S/C21H24N6O5/c28-18-5-9-27(21(31)23-18)10-6-19(29)26-7-3-14(4-8-26)16-12-17(25-24-16)20(30)22-13-15-2-1-11-32-15/h1-2,5,9,11-12,14H,3-4,6-8,10,13H2,(H,22,30)(H,24,25)(H,23,28,31). The van der Waals surface area contributed by atoms with Crippen molar-refractivity contribution < 1.29 is 14.0 Å². The minimum absolute atomic E-state index is 0.0378. The number of furan rings is 1. The molecular weight excluding hydrogens is 416 g/mol. The van der Waals surface area contributed by atoms with E-state index in [-0.39, 0.29) is 30.7 Å². The minimum Gasteiger partial charge on any atom is -0.467 e. The van der Waals surface area contributed by atoms with Crippen molar-refractivity contribution >= 4 is 11.8 Å². The van der Waals surface area contributed by atoms with Crippen LogP contribution in [-0.4, -0.2) is 49.6 Å². The molecule has 3 aromatic rings. The number of likely N-dealkylation sites (tertiary alicyclic amines) is 1. The van der Waals surface area contributed by atoms with Gasteiger partial charge in [0, 0.05) is 49.9 Å². The van der Waals surface area contributed by atoms with Crippen molar-refractivity contribution in [2.24, 2.45) is 0 Å². The molecule has 11 nitrogen and oxygen atoms in total. The molecule has 0 radical (unpaired) electrons. The molecule has 0 spiro atoms. The Balaban J connectivity index is 1.25. The summed E-state index contributed by atoms with van der Waals surface area (Å²) in [6.45, 7) is 1.68. The van der Waals surface area contributed by atoms with E-state index in [0.717, 1.165) is 18.5 Å². The molecule has 4 heterocycles. The van der Waals surface area contributed by atoms with Gasteiger partial charge in [-0.3, -0.25) is 24.5 Å². The van der Waals surface area contributed by atoms with Crippen molar-refractivity contribution in [2.45, 2.75) is 38.3 Å². The molecule has 1 aliphatic heterocycles. The van der Waals surface area contributed by atoms with E-state index in [1.165, 1.54) is 16.8 Å². The Hall–Kier alpha value is -3.89. The molecule has 32 heavy (non-hydrogen) atoms. The van der Waals surface area contributed by atoms with Gasteiger partial charge < -0.3 is 19.2 Å². The van der Waals surface area contributed by atoms with Crippen molar-refractivity contribution in [1.29, 1.82) is 0 Å². The number of hydrogen-bond donors (Lipinski definition) is 3. The molecule has 2 amide bonds. The normalized spacial score (nSPS) is 14.4. The van der Waals surface area contributed by atoms with E-state index in [1.54, 1.807) is 29.4 Å². The maximum atomic E-state index is 12.5.